The minimum atomic E-state index is -3.45. The molecule has 3 rings (SSSR count). The van der Waals surface area contributed by atoms with Crippen molar-refractivity contribution in [3.8, 4) is 0 Å². The Morgan fingerprint density at radius 3 is 1.92 bits per heavy atom. The van der Waals surface area contributed by atoms with E-state index in [1.807, 2.05) is 49.4 Å². The fraction of sp³-hybridized carbons (Fsp3) is 0.182. The summed E-state index contributed by atoms with van der Waals surface area (Å²) < 4.78 is 25.3. The minimum absolute atomic E-state index is 0.328. The second kappa shape index (κ2) is 8.30. The van der Waals surface area contributed by atoms with Gasteiger partial charge in [-0.1, -0.05) is 60.2 Å². The fourth-order valence-corrected chi connectivity index (χ4v) is 4.01. The third-order valence-electron chi connectivity index (χ3n) is 4.33. The van der Waals surface area contributed by atoms with Crippen LogP contribution in [0.25, 0.3) is 0 Å². The molecule has 0 aliphatic heterocycles. The van der Waals surface area contributed by atoms with E-state index in [0.29, 0.717) is 9.79 Å². The van der Waals surface area contributed by atoms with Gasteiger partial charge >= 0.3 is 0 Å². The van der Waals surface area contributed by atoms with Crippen LogP contribution in [0.15, 0.2) is 88.7 Å². The third kappa shape index (κ3) is 4.59. The molecule has 0 spiro atoms. The maximum absolute atomic E-state index is 12.7. The summed E-state index contributed by atoms with van der Waals surface area (Å²) in [5.74, 6) is 0. The van der Waals surface area contributed by atoms with Crippen molar-refractivity contribution in [2.45, 2.75) is 29.7 Å². The van der Waals surface area contributed by atoms with Crippen LogP contribution in [0.4, 0.5) is 0 Å². The lowest BCUT2D eigenvalue weighted by Gasteiger charge is -2.08. The van der Waals surface area contributed by atoms with Gasteiger partial charge in [0.05, 0.1) is 9.79 Å². The van der Waals surface area contributed by atoms with E-state index in [2.05, 4.69) is 17.4 Å². The average molecular weight is 365 g/mol. The monoisotopic (exact) mass is 365 g/mol. The first kappa shape index (κ1) is 18.4. The van der Waals surface area contributed by atoms with E-state index in [0.717, 1.165) is 30.6 Å². The van der Waals surface area contributed by atoms with Crippen LogP contribution in [0, 0.1) is 6.92 Å². The van der Waals surface area contributed by atoms with Gasteiger partial charge in [0, 0.05) is 6.54 Å². The summed E-state index contributed by atoms with van der Waals surface area (Å²) in [6.07, 6.45) is 0.973. The molecule has 1 N–H and O–H groups in total. The molecule has 26 heavy (non-hydrogen) atoms. The molecule has 0 aliphatic rings. The predicted octanol–water partition coefficient (Wildman–Crippen LogP) is 4.16. The second-order valence-electron chi connectivity index (χ2n) is 6.37. The van der Waals surface area contributed by atoms with Gasteiger partial charge in [-0.15, -0.1) is 0 Å². The Morgan fingerprint density at radius 1 is 0.731 bits per heavy atom. The van der Waals surface area contributed by atoms with Gasteiger partial charge in [0.2, 0.25) is 9.84 Å². The summed E-state index contributed by atoms with van der Waals surface area (Å²) in [5.41, 5.74) is 3.42. The van der Waals surface area contributed by atoms with Crippen LogP contribution in [0.5, 0.6) is 0 Å². The molecule has 0 saturated heterocycles. The molecule has 0 fully saturated rings. The van der Waals surface area contributed by atoms with Crippen molar-refractivity contribution in [3.05, 3.63) is 95.6 Å². The van der Waals surface area contributed by atoms with Crippen molar-refractivity contribution in [3.63, 3.8) is 0 Å². The third-order valence-corrected chi connectivity index (χ3v) is 6.11. The smallest absolute Gasteiger partial charge is 0.206 e. The summed E-state index contributed by atoms with van der Waals surface area (Å²) >= 11 is 0. The van der Waals surface area contributed by atoms with Crippen LogP contribution in [0.2, 0.25) is 0 Å². The molecule has 0 atom stereocenters. The summed E-state index contributed by atoms with van der Waals surface area (Å²) in [5, 5.41) is 3.40. The van der Waals surface area contributed by atoms with Crippen molar-refractivity contribution >= 4 is 9.84 Å². The van der Waals surface area contributed by atoms with Crippen LogP contribution in [-0.2, 0) is 22.8 Å². The number of rotatable bonds is 7. The van der Waals surface area contributed by atoms with Crippen LogP contribution in [-0.4, -0.2) is 15.0 Å². The molecular formula is C22H23NO2S. The predicted molar refractivity (Wildman–Crippen MR) is 105 cm³/mol. The summed E-state index contributed by atoms with van der Waals surface area (Å²) in [6.45, 7) is 3.54. The van der Waals surface area contributed by atoms with Crippen LogP contribution < -0.4 is 5.32 Å². The van der Waals surface area contributed by atoms with Crippen molar-refractivity contribution in [1.29, 1.82) is 0 Å². The first-order chi connectivity index (χ1) is 12.6. The first-order valence-electron chi connectivity index (χ1n) is 8.71. The van der Waals surface area contributed by atoms with E-state index in [9.17, 15) is 8.42 Å². The highest BCUT2D eigenvalue weighted by Crippen LogP contribution is 2.21. The van der Waals surface area contributed by atoms with Gasteiger partial charge in [-0.2, -0.15) is 0 Å². The Kier molecular flexibility index (Phi) is 5.86. The lowest BCUT2D eigenvalue weighted by molar-refractivity contribution is 0.596. The molecule has 0 aromatic heterocycles. The average Bonchev–Trinajstić information content (AvgIpc) is 2.67. The molecule has 3 aromatic carbocycles. The highest BCUT2D eigenvalue weighted by atomic mass is 32.2. The van der Waals surface area contributed by atoms with E-state index in [-0.39, 0.29) is 0 Å². The number of sulfone groups is 1. The van der Waals surface area contributed by atoms with Gasteiger partial charge in [-0.3, -0.25) is 0 Å². The molecular weight excluding hydrogens is 342 g/mol. The van der Waals surface area contributed by atoms with Gasteiger partial charge in [-0.25, -0.2) is 8.42 Å². The van der Waals surface area contributed by atoms with Crippen LogP contribution in [0.3, 0.4) is 0 Å². The normalized spacial score (nSPS) is 11.4. The highest BCUT2D eigenvalue weighted by molar-refractivity contribution is 7.91. The van der Waals surface area contributed by atoms with E-state index in [1.165, 1.54) is 5.56 Å². The molecule has 0 saturated carbocycles. The minimum Gasteiger partial charge on any atom is -0.312 e. The Morgan fingerprint density at radius 2 is 1.31 bits per heavy atom. The Labute approximate surface area is 155 Å². The van der Waals surface area contributed by atoms with Gasteiger partial charge in [-0.05, 0) is 55.3 Å². The fourth-order valence-electron chi connectivity index (χ4n) is 2.75. The molecule has 0 unspecified atom stereocenters. The zero-order valence-electron chi connectivity index (χ0n) is 14.9. The van der Waals surface area contributed by atoms with Gasteiger partial charge < -0.3 is 5.32 Å². The number of hydrogen-bond donors (Lipinski definition) is 1. The molecule has 0 bridgehead atoms. The highest BCUT2D eigenvalue weighted by Gasteiger charge is 2.16. The second-order valence-corrected chi connectivity index (χ2v) is 8.32. The number of benzene rings is 3. The van der Waals surface area contributed by atoms with E-state index in [1.54, 1.807) is 24.3 Å². The topological polar surface area (TPSA) is 46.2 Å². The molecule has 4 heteroatoms. The standard InChI is InChI=1S/C22H23NO2S/c1-18-7-11-21(12-8-18)26(24,25)22-13-9-20(10-14-22)17-23-16-15-19-5-3-2-4-6-19/h2-14,23H,15-17H2,1H3. The van der Waals surface area contributed by atoms with Crippen LogP contribution >= 0.6 is 0 Å². The molecule has 134 valence electrons. The molecule has 3 nitrogen and oxygen atoms in total. The summed E-state index contributed by atoms with van der Waals surface area (Å²) in [6, 6.07) is 24.4. The van der Waals surface area contributed by atoms with Crippen molar-refractivity contribution in [2.24, 2.45) is 0 Å². The van der Waals surface area contributed by atoms with Crippen molar-refractivity contribution < 1.29 is 8.42 Å². The van der Waals surface area contributed by atoms with Gasteiger partial charge in [0.1, 0.15) is 0 Å². The zero-order valence-corrected chi connectivity index (χ0v) is 15.7. The van der Waals surface area contributed by atoms with E-state index >= 15 is 0 Å². The first-order valence-corrected chi connectivity index (χ1v) is 10.2. The Hall–Kier alpha value is -2.43. The van der Waals surface area contributed by atoms with Gasteiger partial charge in [0.25, 0.3) is 0 Å². The molecule has 3 aromatic rings. The lowest BCUT2D eigenvalue weighted by Crippen LogP contribution is -2.16. The lowest BCUT2D eigenvalue weighted by atomic mass is 10.1. The number of nitrogens with one attached hydrogen (secondary N) is 1. The zero-order chi connectivity index (χ0) is 18.4. The maximum atomic E-state index is 12.7. The quantitative estimate of drug-likeness (QED) is 0.640. The number of hydrogen-bond acceptors (Lipinski definition) is 3. The molecule has 0 amide bonds. The maximum Gasteiger partial charge on any atom is 0.206 e. The Bertz CT molecular complexity index is 932. The molecule has 0 heterocycles. The van der Waals surface area contributed by atoms with Crippen molar-refractivity contribution in [2.75, 3.05) is 6.54 Å². The molecule has 0 aliphatic carbocycles. The Balaban J connectivity index is 1.58. The largest absolute Gasteiger partial charge is 0.312 e. The molecule has 0 radical (unpaired) electrons. The number of aryl methyl sites for hydroxylation is 1. The van der Waals surface area contributed by atoms with E-state index in [4.69, 9.17) is 0 Å². The van der Waals surface area contributed by atoms with E-state index < -0.39 is 9.84 Å². The van der Waals surface area contributed by atoms with Crippen molar-refractivity contribution in [1.82, 2.24) is 5.32 Å². The summed E-state index contributed by atoms with van der Waals surface area (Å²) in [4.78, 5) is 0.659. The summed E-state index contributed by atoms with van der Waals surface area (Å²) in [7, 11) is -3.45. The van der Waals surface area contributed by atoms with Crippen LogP contribution in [0.1, 0.15) is 16.7 Å². The SMILES string of the molecule is Cc1ccc(S(=O)(=O)c2ccc(CNCCc3ccccc3)cc2)cc1. The van der Waals surface area contributed by atoms with Gasteiger partial charge in [0.15, 0.2) is 0 Å².